The fraction of sp³-hybridized carbons (Fsp3) is 0.250. The van der Waals surface area contributed by atoms with Crippen molar-refractivity contribution >= 4 is 23.2 Å². The number of methoxy groups -OCH3 is 1. The highest BCUT2D eigenvalue weighted by atomic mass is 35.5. The Balaban J connectivity index is 1.79. The van der Waals surface area contributed by atoms with Crippen LogP contribution in [0.5, 0.6) is 5.88 Å². The normalized spacial score (nSPS) is 15.3. The van der Waals surface area contributed by atoms with E-state index in [1.807, 2.05) is 4.57 Å². The molecule has 150 valence electrons. The van der Waals surface area contributed by atoms with Gasteiger partial charge in [0.2, 0.25) is 11.8 Å². The zero-order valence-electron chi connectivity index (χ0n) is 15.7. The SMILES string of the molecule is COc1nc(C)c(Nc2nc(=O)cc3n2C(c2ccc(F)c(Cl)c2)CC3)cc1F. The maximum atomic E-state index is 14.1. The summed E-state index contributed by atoms with van der Waals surface area (Å²) in [5.41, 5.74) is 2.00. The number of nitrogens with one attached hydrogen (secondary N) is 1. The van der Waals surface area contributed by atoms with Gasteiger partial charge in [-0.15, -0.1) is 0 Å². The van der Waals surface area contributed by atoms with Crippen molar-refractivity contribution in [2.75, 3.05) is 12.4 Å². The summed E-state index contributed by atoms with van der Waals surface area (Å²) in [4.78, 5) is 20.2. The highest BCUT2D eigenvalue weighted by Gasteiger charge is 2.27. The number of anilines is 2. The number of ether oxygens (including phenoxy) is 1. The predicted octanol–water partition coefficient (Wildman–Crippen LogP) is 4.17. The lowest BCUT2D eigenvalue weighted by Gasteiger charge is -2.21. The summed E-state index contributed by atoms with van der Waals surface area (Å²) < 4.78 is 34.5. The van der Waals surface area contributed by atoms with E-state index < -0.39 is 17.2 Å². The summed E-state index contributed by atoms with van der Waals surface area (Å²) in [5, 5.41) is 3.04. The van der Waals surface area contributed by atoms with Gasteiger partial charge in [-0.25, -0.2) is 13.8 Å². The molecule has 0 saturated heterocycles. The molecule has 1 unspecified atom stereocenters. The zero-order valence-corrected chi connectivity index (χ0v) is 16.4. The lowest BCUT2D eigenvalue weighted by molar-refractivity contribution is 0.368. The molecule has 1 aromatic carbocycles. The Hall–Kier alpha value is -3.00. The summed E-state index contributed by atoms with van der Waals surface area (Å²) in [6.45, 7) is 1.69. The van der Waals surface area contributed by atoms with Crippen LogP contribution in [0.25, 0.3) is 0 Å². The minimum absolute atomic E-state index is 0.0248. The molecule has 1 aliphatic rings. The molecular weight excluding hydrogens is 402 g/mol. The molecule has 1 atom stereocenters. The molecule has 0 radical (unpaired) electrons. The molecule has 3 aromatic rings. The van der Waals surface area contributed by atoms with E-state index in [2.05, 4.69) is 15.3 Å². The van der Waals surface area contributed by atoms with Crippen LogP contribution in [0.15, 0.2) is 35.1 Å². The van der Waals surface area contributed by atoms with Crippen LogP contribution >= 0.6 is 11.6 Å². The topological polar surface area (TPSA) is 69.0 Å². The number of hydrogen-bond donors (Lipinski definition) is 1. The molecule has 0 spiro atoms. The van der Waals surface area contributed by atoms with Crippen LogP contribution in [-0.4, -0.2) is 21.6 Å². The molecule has 0 bridgehead atoms. The van der Waals surface area contributed by atoms with E-state index in [0.717, 1.165) is 11.3 Å². The average Bonchev–Trinajstić information content (AvgIpc) is 3.10. The molecule has 3 heterocycles. The number of pyridine rings is 1. The first-order valence-electron chi connectivity index (χ1n) is 8.93. The summed E-state index contributed by atoms with van der Waals surface area (Å²) in [7, 11) is 1.33. The number of fused-ring (bicyclic) bond motifs is 1. The second-order valence-corrected chi connectivity index (χ2v) is 7.15. The number of aryl methyl sites for hydroxylation is 2. The molecular formula is C20H17ClF2N4O2. The third-order valence-electron chi connectivity index (χ3n) is 4.93. The van der Waals surface area contributed by atoms with Crippen LogP contribution in [0, 0.1) is 18.6 Å². The van der Waals surface area contributed by atoms with Crippen molar-refractivity contribution in [3.8, 4) is 5.88 Å². The van der Waals surface area contributed by atoms with Gasteiger partial charge in [-0.05, 0) is 37.5 Å². The highest BCUT2D eigenvalue weighted by Crippen LogP contribution is 2.36. The standard InChI is InChI=1S/C20H17ClF2N4O2/c1-10-16(9-15(23)19(24-10)29-2)25-20-26-18(28)8-12-4-6-17(27(12)20)11-3-5-14(22)13(21)7-11/h3,5,7-9,17H,4,6H2,1-2H3,(H,25,26,28). The van der Waals surface area contributed by atoms with Gasteiger partial charge in [-0.2, -0.15) is 4.98 Å². The van der Waals surface area contributed by atoms with Crippen molar-refractivity contribution in [1.82, 2.24) is 14.5 Å². The Kier molecular flexibility index (Phi) is 4.96. The monoisotopic (exact) mass is 418 g/mol. The second kappa shape index (κ2) is 7.44. The highest BCUT2D eigenvalue weighted by molar-refractivity contribution is 6.30. The van der Waals surface area contributed by atoms with Crippen LogP contribution < -0.4 is 15.6 Å². The van der Waals surface area contributed by atoms with Gasteiger partial charge < -0.3 is 14.6 Å². The van der Waals surface area contributed by atoms with Crippen LogP contribution in [0.3, 0.4) is 0 Å². The third-order valence-corrected chi connectivity index (χ3v) is 5.22. The van der Waals surface area contributed by atoms with Gasteiger partial charge in [0.15, 0.2) is 5.82 Å². The van der Waals surface area contributed by atoms with Crippen LogP contribution in [0.1, 0.15) is 29.4 Å². The van der Waals surface area contributed by atoms with Crippen molar-refractivity contribution in [1.29, 1.82) is 0 Å². The summed E-state index contributed by atoms with van der Waals surface area (Å²) >= 11 is 5.95. The maximum Gasteiger partial charge on any atom is 0.274 e. The molecule has 4 rings (SSSR count). The molecule has 0 fully saturated rings. The average molecular weight is 419 g/mol. The minimum atomic E-state index is -0.637. The van der Waals surface area contributed by atoms with Crippen LogP contribution in [0.4, 0.5) is 20.4 Å². The molecule has 1 N–H and O–H groups in total. The van der Waals surface area contributed by atoms with Crippen molar-refractivity contribution in [2.24, 2.45) is 0 Å². The van der Waals surface area contributed by atoms with Crippen LogP contribution in [-0.2, 0) is 6.42 Å². The van der Waals surface area contributed by atoms with E-state index in [-0.39, 0.29) is 22.9 Å². The minimum Gasteiger partial charge on any atom is -0.479 e. The first-order valence-corrected chi connectivity index (χ1v) is 9.30. The van der Waals surface area contributed by atoms with E-state index in [9.17, 15) is 13.6 Å². The van der Waals surface area contributed by atoms with Crippen molar-refractivity contribution in [2.45, 2.75) is 25.8 Å². The van der Waals surface area contributed by atoms with Crippen molar-refractivity contribution in [3.05, 3.63) is 74.3 Å². The molecule has 0 saturated carbocycles. The fourth-order valence-corrected chi connectivity index (χ4v) is 3.75. The lowest BCUT2D eigenvalue weighted by atomic mass is 10.0. The molecule has 1 aliphatic heterocycles. The van der Waals surface area contributed by atoms with Crippen LogP contribution in [0.2, 0.25) is 5.02 Å². The quantitative estimate of drug-likeness (QED) is 0.688. The van der Waals surface area contributed by atoms with Gasteiger partial charge in [0.1, 0.15) is 5.82 Å². The number of rotatable bonds is 4. The summed E-state index contributed by atoms with van der Waals surface area (Å²) in [6.07, 6.45) is 1.33. The molecule has 0 aliphatic carbocycles. The van der Waals surface area contributed by atoms with E-state index in [4.69, 9.17) is 16.3 Å². The Morgan fingerprint density at radius 2 is 2.00 bits per heavy atom. The number of benzene rings is 1. The van der Waals surface area contributed by atoms with Crippen molar-refractivity contribution < 1.29 is 13.5 Å². The van der Waals surface area contributed by atoms with Gasteiger partial charge in [0.25, 0.3) is 5.56 Å². The maximum absolute atomic E-state index is 14.1. The van der Waals surface area contributed by atoms with E-state index in [1.54, 1.807) is 19.1 Å². The molecule has 2 aromatic heterocycles. The Morgan fingerprint density at radius 3 is 2.72 bits per heavy atom. The largest absolute Gasteiger partial charge is 0.479 e. The number of aromatic nitrogens is 3. The molecule has 9 heteroatoms. The van der Waals surface area contributed by atoms with E-state index >= 15 is 0 Å². The third kappa shape index (κ3) is 3.55. The smallest absolute Gasteiger partial charge is 0.274 e. The van der Waals surface area contributed by atoms with Gasteiger partial charge in [-0.1, -0.05) is 17.7 Å². The number of halogens is 3. The number of nitrogens with zero attached hydrogens (tertiary/aromatic N) is 3. The Morgan fingerprint density at radius 1 is 1.21 bits per heavy atom. The summed E-state index contributed by atoms with van der Waals surface area (Å²) in [5.74, 6) is -0.997. The second-order valence-electron chi connectivity index (χ2n) is 6.74. The first kappa shape index (κ1) is 19.3. The molecule has 29 heavy (non-hydrogen) atoms. The summed E-state index contributed by atoms with van der Waals surface area (Å²) in [6, 6.07) is 7.05. The van der Waals surface area contributed by atoms with Crippen molar-refractivity contribution in [3.63, 3.8) is 0 Å². The zero-order chi connectivity index (χ0) is 20.7. The fourth-order valence-electron chi connectivity index (χ4n) is 3.57. The van der Waals surface area contributed by atoms with Gasteiger partial charge in [0.05, 0.1) is 29.6 Å². The Labute approximate surface area is 170 Å². The Bertz CT molecular complexity index is 1170. The first-order chi connectivity index (χ1) is 13.9. The molecule has 6 nitrogen and oxygen atoms in total. The lowest BCUT2D eigenvalue weighted by Crippen LogP contribution is -2.19. The van der Waals surface area contributed by atoms with E-state index in [0.29, 0.717) is 24.2 Å². The van der Waals surface area contributed by atoms with E-state index in [1.165, 1.54) is 25.3 Å². The van der Waals surface area contributed by atoms with Gasteiger partial charge >= 0.3 is 0 Å². The molecule has 0 amide bonds. The van der Waals surface area contributed by atoms with Gasteiger partial charge in [0, 0.05) is 17.8 Å². The number of hydrogen-bond acceptors (Lipinski definition) is 5. The predicted molar refractivity (Wildman–Crippen MR) is 105 cm³/mol. The van der Waals surface area contributed by atoms with Gasteiger partial charge in [-0.3, -0.25) is 4.79 Å².